The number of hydrogen-bond donors (Lipinski definition) is 2. The molecule has 0 bridgehead atoms. The predicted molar refractivity (Wildman–Crippen MR) is 121 cm³/mol. The summed E-state index contributed by atoms with van der Waals surface area (Å²) < 4.78 is 0. The van der Waals surface area contributed by atoms with Crippen molar-refractivity contribution in [2.75, 3.05) is 32.5 Å². The van der Waals surface area contributed by atoms with Crippen LogP contribution in [0.15, 0.2) is 59.8 Å². The Kier molecular flexibility index (Phi) is 7.67. The summed E-state index contributed by atoms with van der Waals surface area (Å²) >= 11 is 6.21. The lowest BCUT2D eigenvalue weighted by atomic mass is 9.79. The molecule has 2 rings (SSSR count). The molecule has 1 aromatic carbocycles. The van der Waals surface area contributed by atoms with Crippen LogP contribution in [0.4, 0.5) is 5.69 Å². The summed E-state index contributed by atoms with van der Waals surface area (Å²) in [5.41, 5.74) is 4.01. The van der Waals surface area contributed by atoms with Gasteiger partial charge in [0.15, 0.2) is 6.29 Å². The van der Waals surface area contributed by atoms with Gasteiger partial charge in [-0.15, -0.1) is 0 Å². The number of piperidine rings is 1. The maximum atomic E-state index is 11.6. The van der Waals surface area contributed by atoms with E-state index >= 15 is 0 Å². The average Bonchev–Trinajstić information content (AvgIpc) is 2.67. The number of nitrogens with one attached hydrogen (secondary N) is 2. The van der Waals surface area contributed by atoms with Crippen LogP contribution >= 0.6 is 11.6 Å². The molecule has 150 valence electrons. The molecule has 0 saturated carbocycles. The highest BCUT2D eigenvalue weighted by Crippen LogP contribution is 2.35. The van der Waals surface area contributed by atoms with E-state index in [9.17, 15) is 4.79 Å². The summed E-state index contributed by atoms with van der Waals surface area (Å²) in [6.45, 7) is 11.6. The van der Waals surface area contributed by atoms with E-state index in [-0.39, 0.29) is 5.54 Å². The summed E-state index contributed by atoms with van der Waals surface area (Å²) in [7, 11) is 3.89. The second-order valence-electron chi connectivity index (χ2n) is 7.38. The van der Waals surface area contributed by atoms with Gasteiger partial charge in [-0.3, -0.25) is 4.79 Å². The van der Waals surface area contributed by atoms with Gasteiger partial charge in [-0.2, -0.15) is 0 Å². The number of benzene rings is 1. The molecule has 2 N–H and O–H groups in total. The first kappa shape index (κ1) is 22.0. The van der Waals surface area contributed by atoms with E-state index in [0.29, 0.717) is 10.6 Å². The zero-order valence-electron chi connectivity index (χ0n) is 17.0. The van der Waals surface area contributed by atoms with E-state index in [0.717, 1.165) is 54.6 Å². The van der Waals surface area contributed by atoms with Gasteiger partial charge in [0.2, 0.25) is 0 Å². The zero-order chi connectivity index (χ0) is 20.7. The number of carbonyl (C=O) groups excluding carboxylic acids is 1. The summed E-state index contributed by atoms with van der Waals surface area (Å²) in [5.74, 6) is 0. The Balaban J connectivity index is 2.45. The fourth-order valence-electron chi connectivity index (χ4n) is 3.57. The molecule has 1 heterocycles. The Morgan fingerprint density at radius 2 is 2.11 bits per heavy atom. The molecule has 1 fully saturated rings. The van der Waals surface area contributed by atoms with Gasteiger partial charge < -0.3 is 15.5 Å². The van der Waals surface area contributed by atoms with Crippen molar-refractivity contribution < 1.29 is 4.79 Å². The fourth-order valence-corrected chi connectivity index (χ4v) is 3.68. The molecule has 1 atom stereocenters. The van der Waals surface area contributed by atoms with Crippen LogP contribution in [0, 0.1) is 0 Å². The molecule has 0 radical (unpaired) electrons. The van der Waals surface area contributed by atoms with E-state index in [2.05, 4.69) is 23.8 Å². The van der Waals surface area contributed by atoms with Gasteiger partial charge in [-0.25, -0.2) is 0 Å². The molecule has 0 amide bonds. The lowest BCUT2D eigenvalue weighted by molar-refractivity contribution is 0.112. The number of rotatable bonds is 8. The number of nitrogens with zero attached hydrogens (tertiary/aromatic N) is 1. The van der Waals surface area contributed by atoms with E-state index < -0.39 is 0 Å². The van der Waals surface area contributed by atoms with Crippen LogP contribution in [-0.2, 0) is 0 Å². The third kappa shape index (κ3) is 5.15. The predicted octanol–water partition coefficient (Wildman–Crippen LogP) is 4.82. The summed E-state index contributed by atoms with van der Waals surface area (Å²) in [5, 5.41) is 7.65. The Bertz CT molecular complexity index is 802. The van der Waals surface area contributed by atoms with Crippen molar-refractivity contribution in [2.45, 2.75) is 25.3 Å². The lowest BCUT2D eigenvalue weighted by Gasteiger charge is -2.41. The first-order valence-electron chi connectivity index (χ1n) is 9.44. The van der Waals surface area contributed by atoms with Gasteiger partial charge in [-0.05, 0) is 67.4 Å². The van der Waals surface area contributed by atoms with Crippen molar-refractivity contribution in [1.29, 1.82) is 0 Å². The van der Waals surface area contributed by atoms with Crippen LogP contribution < -0.4 is 10.6 Å². The van der Waals surface area contributed by atoms with E-state index in [1.807, 2.05) is 62.5 Å². The second-order valence-corrected chi connectivity index (χ2v) is 7.83. The van der Waals surface area contributed by atoms with Gasteiger partial charge in [-0.1, -0.05) is 36.9 Å². The highest BCUT2D eigenvalue weighted by atomic mass is 35.5. The molecular weight excluding hydrogens is 370 g/mol. The van der Waals surface area contributed by atoms with Crippen molar-refractivity contribution >= 4 is 29.7 Å². The van der Waals surface area contributed by atoms with Gasteiger partial charge in [0.1, 0.15) is 0 Å². The van der Waals surface area contributed by atoms with Crippen LogP contribution in [0.2, 0.25) is 0 Å². The number of carbonyl (C=O) groups is 1. The highest BCUT2D eigenvalue weighted by molar-refractivity contribution is 6.31. The third-order valence-corrected chi connectivity index (χ3v) is 5.35. The Morgan fingerprint density at radius 3 is 2.64 bits per heavy atom. The number of hydrogen-bond acceptors (Lipinski definition) is 4. The minimum Gasteiger partial charge on any atom is -0.383 e. The molecule has 0 spiro atoms. The zero-order valence-corrected chi connectivity index (χ0v) is 17.8. The fraction of sp³-hybridized carbons (Fsp3) is 0.348. The van der Waals surface area contributed by atoms with Gasteiger partial charge in [0.25, 0.3) is 0 Å². The number of allylic oxidation sites excluding steroid dienone is 2. The van der Waals surface area contributed by atoms with E-state index in [4.69, 9.17) is 11.6 Å². The lowest BCUT2D eigenvalue weighted by Crippen LogP contribution is -2.52. The second kappa shape index (κ2) is 9.76. The maximum Gasteiger partial charge on any atom is 0.150 e. The van der Waals surface area contributed by atoms with Crippen LogP contribution in [-0.4, -0.2) is 43.9 Å². The SMILES string of the molecule is C=C/C(=C(/C)C(=C)Cl)C1(Nc2ccc(/C=C\N(C)C)c(C=O)c2)CCCNC1. The topological polar surface area (TPSA) is 44.4 Å². The van der Waals surface area contributed by atoms with Crippen LogP contribution in [0.3, 0.4) is 0 Å². The minimum atomic E-state index is -0.358. The summed E-state index contributed by atoms with van der Waals surface area (Å²) in [6, 6.07) is 5.86. The van der Waals surface area contributed by atoms with Crippen molar-refractivity contribution in [3.8, 4) is 0 Å². The Hall–Kier alpha value is -2.30. The normalized spacial score (nSPS) is 20.4. The Morgan fingerprint density at radius 1 is 1.36 bits per heavy atom. The van der Waals surface area contributed by atoms with Crippen molar-refractivity contribution in [3.05, 3.63) is 70.9 Å². The number of aldehydes is 1. The van der Waals surface area contributed by atoms with E-state index in [1.165, 1.54) is 0 Å². The molecule has 1 unspecified atom stereocenters. The molecular formula is C23H30ClN3O. The molecule has 0 aromatic heterocycles. The average molecular weight is 400 g/mol. The summed E-state index contributed by atoms with van der Waals surface area (Å²) in [6.07, 6.45) is 8.57. The largest absolute Gasteiger partial charge is 0.383 e. The first-order chi connectivity index (χ1) is 13.3. The molecule has 4 nitrogen and oxygen atoms in total. The van der Waals surface area contributed by atoms with Gasteiger partial charge in [0, 0.05) is 36.9 Å². The van der Waals surface area contributed by atoms with Crippen LogP contribution in [0.5, 0.6) is 0 Å². The molecule has 1 aliphatic heterocycles. The van der Waals surface area contributed by atoms with Crippen LogP contribution in [0.25, 0.3) is 6.08 Å². The van der Waals surface area contributed by atoms with E-state index in [1.54, 1.807) is 0 Å². The smallest absolute Gasteiger partial charge is 0.150 e. The highest BCUT2D eigenvalue weighted by Gasteiger charge is 2.36. The summed E-state index contributed by atoms with van der Waals surface area (Å²) in [4.78, 5) is 13.6. The molecule has 0 aliphatic carbocycles. The van der Waals surface area contributed by atoms with Crippen molar-refractivity contribution in [1.82, 2.24) is 10.2 Å². The van der Waals surface area contributed by atoms with Crippen LogP contribution in [0.1, 0.15) is 35.7 Å². The maximum absolute atomic E-state index is 11.6. The van der Waals surface area contributed by atoms with Crippen molar-refractivity contribution in [2.24, 2.45) is 0 Å². The first-order valence-corrected chi connectivity index (χ1v) is 9.82. The minimum absolute atomic E-state index is 0.358. The monoisotopic (exact) mass is 399 g/mol. The van der Waals surface area contributed by atoms with Gasteiger partial charge in [0.05, 0.1) is 5.54 Å². The third-order valence-electron chi connectivity index (χ3n) is 5.06. The Labute approximate surface area is 173 Å². The molecule has 28 heavy (non-hydrogen) atoms. The number of halogens is 1. The molecule has 1 saturated heterocycles. The standard InChI is InChI=1S/C23H30ClN3O/c1-6-22(17(2)18(3)24)23(11-7-12-25-16-23)26-21-9-8-19(10-13-27(4)5)20(14-21)15-28/h6,8-10,13-15,25-26H,1,3,7,11-12,16H2,2,4-5H3/b13-10-,22-17+. The van der Waals surface area contributed by atoms with Gasteiger partial charge >= 0.3 is 0 Å². The molecule has 1 aliphatic rings. The molecule has 5 heteroatoms. The number of anilines is 1. The van der Waals surface area contributed by atoms with Crippen molar-refractivity contribution in [3.63, 3.8) is 0 Å². The quantitative estimate of drug-likeness (QED) is 0.486. The molecule has 1 aromatic rings.